The zero-order chi connectivity index (χ0) is 10.5. The lowest BCUT2D eigenvalue weighted by Crippen LogP contribution is -2.31. The van der Waals surface area contributed by atoms with Crippen LogP contribution in [0.1, 0.15) is 36.8 Å². The molecule has 2 fully saturated rings. The van der Waals surface area contributed by atoms with Gasteiger partial charge in [-0.25, -0.2) is 0 Å². The van der Waals surface area contributed by atoms with E-state index < -0.39 is 5.60 Å². The number of benzene rings is 1. The fraction of sp³-hybridized carbons (Fsp3) is 0.571. The van der Waals surface area contributed by atoms with Gasteiger partial charge in [0.05, 0.1) is 5.60 Å². The van der Waals surface area contributed by atoms with Crippen LogP contribution in [0.15, 0.2) is 24.3 Å². The fourth-order valence-electron chi connectivity index (χ4n) is 2.75. The Morgan fingerprint density at radius 1 is 1.13 bits per heavy atom. The summed E-state index contributed by atoms with van der Waals surface area (Å²) in [5.74, 6) is 1.07. The minimum Gasteiger partial charge on any atom is -0.385 e. The fourth-order valence-corrected chi connectivity index (χ4v) is 2.75. The van der Waals surface area contributed by atoms with Gasteiger partial charge in [0.2, 0.25) is 0 Å². The molecule has 0 aromatic heterocycles. The van der Waals surface area contributed by atoms with Crippen molar-refractivity contribution in [2.45, 2.75) is 38.2 Å². The average Bonchev–Trinajstić information content (AvgIpc) is 3.04. The zero-order valence-corrected chi connectivity index (χ0v) is 9.24. The van der Waals surface area contributed by atoms with Gasteiger partial charge in [0.15, 0.2) is 0 Å². The Balaban J connectivity index is 2.00. The summed E-state index contributed by atoms with van der Waals surface area (Å²) in [5.41, 5.74) is 1.92. The molecule has 0 heterocycles. The maximum absolute atomic E-state index is 10.9. The second-order valence-corrected chi connectivity index (χ2v) is 5.24. The van der Waals surface area contributed by atoms with Crippen molar-refractivity contribution in [3.63, 3.8) is 0 Å². The molecule has 0 aliphatic heterocycles. The smallest absolute Gasteiger partial charge is 0.0952 e. The van der Waals surface area contributed by atoms with Crippen molar-refractivity contribution < 1.29 is 5.11 Å². The summed E-state index contributed by atoms with van der Waals surface area (Å²) >= 11 is 0. The normalized spacial score (nSPS) is 21.7. The summed E-state index contributed by atoms with van der Waals surface area (Å²) in [6, 6.07) is 8.43. The van der Waals surface area contributed by atoms with Crippen LogP contribution in [0.4, 0.5) is 0 Å². The lowest BCUT2D eigenvalue weighted by Gasteiger charge is -2.29. The summed E-state index contributed by atoms with van der Waals surface area (Å²) in [6.07, 6.45) is 4.84. The first-order valence-electron chi connectivity index (χ1n) is 6.01. The summed E-state index contributed by atoms with van der Waals surface area (Å²) in [5, 5.41) is 10.9. The molecule has 0 amide bonds. The third-order valence-corrected chi connectivity index (χ3v) is 3.88. The molecular formula is C14H18O. The molecule has 0 bridgehead atoms. The van der Waals surface area contributed by atoms with Crippen LogP contribution in [0.2, 0.25) is 0 Å². The van der Waals surface area contributed by atoms with Gasteiger partial charge in [0, 0.05) is 0 Å². The molecule has 1 aromatic rings. The molecule has 1 N–H and O–H groups in total. The number of hydrogen-bond acceptors (Lipinski definition) is 1. The lowest BCUT2D eigenvalue weighted by atomic mass is 9.83. The highest BCUT2D eigenvalue weighted by Crippen LogP contribution is 2.57. The Labute approximate surface area is 91.1 Å². The zero-order valence-electron chi connectivity index (χ0n) is 9.24. The van der Waals surface area contributed by atoms with Gasteiger partial charge in [-0.15, -0.1) is 0 Å². The van der Waals surface area contributed by atoms with E-state index in [-0.39, 0.29) is 0 Å². The van der Waals surface area contributed by atoms with Crippen molar-refractivity contribution in [1.29, 1.82) is 0 Å². The van der Waals surface area contributed by atoms with Crippen molar-refractivity contribution >= 4 is 0 Å². The number of aryl methyl sites for hydroxylation is 1. The molecule has 15 heavy (non-hydrogen) atoms. The van der Waals surface area contributed by atoms with E-state index in [9.17, 15) is 5.11 Å². The van der Waals surface area contributed by atoms with Crippen LogP contribution < -0.4 is 0 Å². The first kappa shape index (κ1) is 9.41. The van der Waals surface area contributed by atoms with Crippen LogP contribution >= 0.6 is 0 Å². The van der Waals surface area contributed by atoms with E-state index in [4.69, 9.17) is 0 Å². The van der Waals surface area contributed by atoms with E-state index in [1.807, 2.05) is 0 Å². The summed E-state index contributed by atoms with van der Waals surface area (Å²) in [6.45, 7) is 2.10. The molecule has 0 spiro atoms. The molecule has 1 nitrogen and oxygen atoms in total. The van der Waals surface area contributed by atoms with Gasteiger partial charge in [-0.2, -0.15) is 0 Å². The van der Waals surface area contributed by atoms with Crippen LogP contribution in [-0.2, 0) is 5.60 Å². The summed E-state index contributed by atoms with van der Waals surface area (Å²) in [4.78, 5) is 0. The molecule has 80 valence electrons. The molecule has 0 unspecified atom stereocenters. The van der Waals surface area contributed by atoms with Crippen molar-refractivity contribution in [2.24, 2.45) is 11.8 Å². The molecule has 2 saturated carbocycles. The molecule has 2 aliphatic carbocycles. The first-order valence-corrected chi connectivity index (χ1v) is 6.01. The maximum Gasteiger partial charge on any atom is 0.0952 e. The van der Waals surface area contributed by atoms with Gasteiger partial charge in [-0.1, -0.05) is 29.8 Å². The third kappa shape index (κ3) is 1.50. The van der Waals surface area contributed by atoms with Crippen molar-refractivity contribution in [1.82, 2.24) is 0 Å². The van der Waals surface area contributed by atoms with E-state index in [0.717, 1.165) is 5.56 Å². The minimum absolute atomic E-state index is 0.494. The molecule has 2 aliphatic rings. The number of aliphatic hydroxyl groups is 1. The van der Waals surface area contributed by atoms with Crippen molar-refractivity contribution in [2.75, 3.05) is 0 Å². The van der Waals surface area contributed by atoms with Gasteiger partial charge in [-0.3, -0.25) is 0 Å². The molecule has 1 heteroatoms. The first-order chi connectivity index (χ1) is 7.21. The minimum atomic E-state index is -0.494. The Morgan fingerprint density at radius 2 is 1.73 bits per heavy atom. The highest BCUT2D eigenvalue weighted by molar-refractivity contribution is 5.31. The van der Waals surface area contributed by atoms with Crippen molar-refractivity contribution in [3.8, 4) is 0 Å². The third-order valence-electron chi connectivity index (χ3n) is 3.88. The second-order valence-electron chi connectivity index (χ2n) is 5.24. The standard InChI is InChI=1S/C14H18O/c1-10-3-2-4-13(9-10)14(15,11-5-6-11)12-7-8-12/h2-4,9,11-12,15H,5-8H2,1H3. The summed E-state index contributed by atoms with van der Waals surface area (Å²) in [7, 11) is 0. The Hall–Kier alpha value is -0.820. The van der Waals surface area contributed by atoms with Crippen molar-refractivity contribution in [3.05, 3.63) is 35.4 Å². The predicted molar refractivity (Wildman–Crippen MR) is 60.5 cm³/mol. The Bertz CT molecular complexity index is 363. The van der Waals surface area contributed by atoms with Gasteiger partial charge in [-0.05, 0) is 50.0 Å². The Kier molecular flexibility index (Phi) is 1.93. The molecule has 0 radical (unpaired) electrons. The van der Waals surface area contributed by atoms with E-state index >= 15 is 0 Å². The number of rotatable bonds is 3. The van der Waals surface area contributed by atoms with E-state index in [1.165, 1.54) is 31.2 Å². The van der Waals surface area contributed by atoms with E-state index in [1.54, 1.807) is 0 Å². The quantitative estimate of drug-likeness (QED) is 0.799. The van der Waals surface area contributed by atoms with Crippen LogP contribution in [0.25, 0.3) is 0 Å². The summed E-state index contributed by atoms with van der Waals surface area (Å²) < 4.78 is 0. The van der Waals surface area contributed by atoms with Gasteiger partial charge >= 0.3 is 0 Å². The molecule has 0 atom stereocenters. The monoisotopic (exact) mass is 202 g/mol. The molecule has 3 rings (SSSR count). The van der Waals surface area contributed by atoms with E-state index in [2.05, 4.69) is 31.2 Å². The second kappa shape index (κ2) is 3.08. The molecule has 1 aromatic carbocycles. The number of hydrogen-bond donors (Lipinski definition) is 1. The largest absolute Gasteiger partial charge is 0.385 e. The Morgan fingerprint density at radius 3 is 2.20 bits per heavy atom. The highest BCUT2D eigenvalue weighted by atomic mass is 16.3. The van der Waals surface area contributed by atoms with Crippen LogP contribution in [0.5, 0.6) is 0 Å². The van der Waals surface area contributed by atoms with Gasteiger partial charge in [0.25, 0.3) is 0 Å². The van der Waals surface area contributed by atoms with Crippen LogP contribution in [-0.4, -0.2) is 5.11 Å². The van der Waals surface area contributed by atoms with Gasteiger partial charge in [0.1, 0.15) is 0 Å². The molecular weight excluding hydrogens is 184 g/mol. The van der Waals surface area contributed by atoms with Crippen LogP contribution in [0.3, 0.4) is 0 Å². The van der Waals surface area contributed by atoms with Gasteiger partial charge < -0.3 is 5.11 Å². The predicted octanol–water partition coefficient (Wildman–Crippen LogP) is 3.00. The highest BCUT2D eigenvalue weighted by Gasteiger charge is 2.54. The average molecular weight is 202 g/mol. The maximum atomic E-state index is 10.9. The van der Waals surface area contributed by atoms with E-state index in [0.29, 0.717) is 11.8 Å². The lowest BCUT2D eigenvalue weighted by molar-refractivity contribution is -0.0102. The topological polar surface area (TPSA) is 20.2 Å². The SMILES string of the molecule is Cc1cccc(C(O)(C2CC2)C2CC2)c1. The molecule has 0 saturated heterocycles. The van der Waals surface area contributed by atoms with Crippen LogP contribution in [0, 0.1) is 18.8 Å².